The van der Waals surface area contributed by atoms with Crippen LogP contribution in [0.25, 0.3) is 11.6 Å². The molecule has 152 valence electrons. The highest BCUT2D eigenvalue weighted by Gasteiger charge is 2.23. The topological polar surface area (TPSA) is 82.2 Å². The van der Waals surface area contributed by atoms with Gasteiger partial charge < -0.3 is 14.5 Å². The summed E-state index contributed by atoms with van der Waals surface area (Å²) in [4.78, 5) is 12.5. The van der Waals surface area contributed by atoms with Crippen molar-refractivity contribution < 1.29 is 13.9 Å². The molecule has 1 fully saturated rings. The van der Waals surface area contributed by atoms with Crippen molar-refractivity contribution in [3.8, 4) is 11.6 Å². The Morgan fingerprint density at radius 1 is 1.28 bits per heavy atom. The third kappa shape index (κ3) is 4.89. The standard InChI is InChI=1S/C21H24N4O3S/c1-15(20(26)22-13-17-9-5-11-27-17)29-21-24-23-19(18-10-6-12-28-18)25(21)14-16-7-3-2-4-8-16/h2-4,6-8,10,12,15,17H,5,9,11,13-14H2,1H3,(H,22,26)/t15-,17+/m1/s1. The normalized spacial score (nSPS) is 17.3. The number of carbonyl (C=O) groups excluding carboxylic acids is 1. The van der Waals surface area contributed by atoms with E-state index in [-0.39, 0.29) is 17.3 Å². The number of thioether (sulfide) groups is 1. The van der Waals surface area contributed by atoms with Gasteiger partial charge in [-0.25, -0.2) is 0 Å². The Morgan fingerprint density at radius 2 is 2.14 bits per heavy atom. The summed E-state index contributed by atoms with van der Waals surface area (Å²) >= 11 is 1.39. The minimum atomic E-state index is -0.306. The molecule has 3 aromatic rings. The Balaban J connectivity index is 1.49. The van der Waals surface area contributed by atoms with Crippen molar-refractivity contribution in [2.24, 2.45) is 0 Å². The van der Waals surface area contributed by atoms with Gasteiger partial charge in [0, 0.05) is 13.2 Å². The molecule has 1 saturated heterocycles. The van der Waals surface area contributed by atoms with Gasteiger partial charge in [0.25, 0.3) is 0 Å². The lowest BCUT2D eigenvalue weighted by Crippen LogP contribution is -2.36. The number of carbonyl (C=O) groups is 1. The Kier molecular flexibility index (Phi) is 6.31. The zero-order valence-electron chi connectivity index (χ0n) is 16.3. The molecule has 2 aromatic heterocycles. The molecule has 0 aliphatic carbocycles. The van der Waals surface area contributed by atoms with Crippen LogP contribution in [0, 0.1) is 0 Å². The maximum atomic E-state index is 12.5. The monoisotopic (exact) mass is 412 g/mol. The van der Waals surface area contributed by atoms with Crippen LogP contribution in [0.1, 0.15) is 25.3 Å². The number of nitrogens with one attached hydrogen (secondary N) is 1. The fourth-order valence-corrected chi connectivity index (χ4v) is 4.12. The van der Waals surface area contributed by atoms with Crippen molar-refractivity contribution in [1.29, 1.82) is 0 Å². The third-order valence-corrected chi connectivity index (χ3v) is 5.90. The van der Waals surface area contributed by atoms with Gasteiger partial charge in [-0.3, -0.25) is 9.36 Å². The quantitative estimate of drug-likeness (QED) is 0.571. The van der Waals surface area contributed by atoms with E-state index in [1.54, 1.807) is 6.26 Å². The van der Waals surface area contributed by atoms with Crippen LogP contribution < -0.4 is 5.32 Å². The second kappa shape index (κ2) is 9.28. The molecule has 1 aliphatic heterocycles. The summed E-state index contributed by atoms with van der Waals surface area (Å²) in [6.45, 7) is 3.81. The van der Waals surface area contributed by atoms with Crippen molar-refractivity contribution in [1.82, 2.24) is 20.1 Å². The van der Waals surface area contributed by atoms with E-state index in [0.29, 0.717) is 29.8 Å². The Bertz CT molecular complexity index is 921. The molecule has 0 saturated carbocycles. The van der Waals surface area contributed by atoms with Crippen LogP contribution in [0.5, 0.6) is 0 Å². The van der Waals surface area contributed by atoms with Gasteiger partial charge in [0.2, 0.25) is 11.7 Å². The van der Waals surface area contributed by atoms with Crippen LogP contribution in [0.15, 0.2) is 58.3 Å². The molecule has 2 atom stereocenters. The van der Waals surface area contributed by atoms with Crippen molar-refractivity contribution in [2.45, 2.75) is 42.8 Å². The number of rotatable bonds is 8. The van der Waals surface area contributed by atoms with Gasteiger partial charge in [0.05, 0.1) is 24.2 Å². The zero-order chi connectivity index (χ0) is 20.1. The molecule has 8 heteroatoms. The van der Waals surface area contributed by atoms with E-state index in [1.807, 2.05) is 41.8 Å². The average molecular weight is 413 g/mol. The number of benzene rings is 1. The lowest BCUT2D eigenvalue weighted by atomic mass is 10.2. The van der Waals surface area contributed by atoms with Crippen LogP contribution in [0.2, 0.25) is 0 Å². The summed E-state index contributed by atoms with van der Waals surface area (Å²) in [6, 6.07) is 13.8. The maximum absolute atomic E-state index is 12.5. The lowest BCUT2D eigenvalue weighted by Gasteiger charge is -2.15. The first-order chi connectivity index (χ1) is 14.2. The highest BCUT2D eigenvalue weighted by Crippen LogP contribution is 2.28. The molecule has 0 bridgehead atoms. The van der Waals surface area contributed by atoms with Gasteiger partial charge in [0.15, 0.2) is 10.9 Å². The number of amides is 1. The number of hydrogen-bond acceptors (Lipinski definition) is 6. The van der Waals surface area contributed by atoms with E-state index in [1.165, 1.54) is 11.8 Å². The second-order valence-corrected chi connectivity index (χ2v) is 8.30. The zero-order valence-corrected chi connectivity index (χ0v) is 17.1. The first-order valence-corrected chi connectivity index (χ1v) is 10.7. The SMILES string of the molecule is C[C@@H](Sc1nnc(-c2ccco2)n1Cc1ccccc1)C(=O)NC[C@@H]1CCCO1. The highest BCUT2D eigenvalue weighted by atomic mass is 32.2. The minimum Gasteiger partial charge on any atom is -0.461 e. The molecule has 29 heavy (non-hydrogen) atoms. The molecule has 1 amide bonds. The predicted octanol–water partition coefficient (Wildman–Crippen LogP) is 3.36. The summed E-state index contributed by atoms with van der Waals surface area (Å²) in [5.41, 5.74) is 1.12. The molecule has 4 rings (SSSR count). The predicted molar refractivity (Wildman–Crippen MR) is 111 cm³/mol. The van der Waals surface area contributed by atoms with E-state index >= 15 is 0 Å². The second-order valence-electron chi connectivity index (χ2n) is 7.00. The molecule has 0 unspecified atom stereocenters. The first-order valence-electron chi connectivity index (χ1n) is 9.77. The van der Waals surface area contributed by atoms with Gasteiger partial charge in [-0.05, 0) is 37.5 Å². The van der Waals surface area contributed by atoms with Crippen LogP contribution in [0.4, 0.5) is 0 Å². The number of nitrogens with zero attached hydrogens (tertiary/aromatic N) is 3. The maximum Gasteiger partial charge on any atom is 0.233 e. The number of hydrogen-bond donors (Lipinski definition) is 1. The summed E-state index contributed by atoms with van der Waals surface area (Å²) < 4.78 is 13.1. The molecule has 1 N–H and O–H groups in total. The van der Waals surface area contributed by atoms with Gasteiger partial charge in [-0.2, -0.15) is 0 Å². The molecule has 0 radical (unpaired) electrons. The van der Waals surface area contributed by atoms with Gasteiger partial charge in [-0.15, -0.1) is 10.2 Å². The summed E-state index contributed by atoms with van der Waals surface area (Å²) in [5.74, 6) is 1.27. The molecular weight excluding hydrogens is 388 g/mol. The van der Waals surface area contributed by atoms with E-state index in [0.717, 1.165) is 25.0 Å². The Labute approximate surface area is 173 Å². The Hall–Kier alpha value is -2.58. The fourth-order valence-electron chi connectivity index (χ4n) is 3.25. The number of ether oxygens (including phenoxy) is 1. The van der Waals surface area contributed by atoms with Crippen molar-refractivity contribution >= 4 is 17.7 Å². The average Bonchev–Trinajstić information content (AvgIpc) is 3.50. The molecule has 7 nitrogen and oxygen atoms in total. The van der Waals surface area contributed by atoms with Crippen molar-refractivity contribution in [2.75, 3.05) is 13.2 Å². The first kappa shape index (κ1) is 19.7. The summed E-state index contributed by atoms with van der Waals surface area (Å²) in [5, 5.41) is 12.0. The van der Waals surface area contributed by atoms with E-state index < -0.39 is 0 Å². The smallest absolute Gasteiger partial charge is 0.233 e. The van der Waals surface area contributed by atoms with E-state index in [2.05, 4.69) is 27.6 Å². The van der Waals surface area contributed by atoms with Gasteiger partial charge in [-0.1, -0.05) is 42.1 Å². The molecule has 3 heterocycles. The van der Waals surface area contributed by atoms with Crippen molar-refractivity contribution in [3.63, 3.8) is 0 Å². The molecular formula is C21H24N4O3S. The van der Waals surface area contributed by atoms with Gasteiger partial charge in [0.1, 0.15) is 0 Å². The highest BCUT2D eigenvalue weighted by molar-refractivity contribution is 8.00. The number of furan rings is 1. The minimum absolute atomic E-state index is 0.0284. The largest absolute Gasteiger partial charge is 0.461 e. The summed E-state index contributed by atoms with van der Waals surface area (Å²) in [7, 11) is 0. The number of aromatic nitrogens is 3. The van der Waals surface area contributed by atoms with Crippen molar-refractivity contribution in [3.05, 3.63) is 54.3 Å². The molecule has 1 aromatic carbocycles. The van der Waals surface area contributed by atoms with Crippen LogP contribution in [0.3, 0.4) is 0 Å². The van der Waals surface area contributed by atoms with Gasteiger partial charge >= 0.3 is 0 Å². The lowest BCUT2D eigenvalue weighted by molar-refractivity contribution is -0.120. The third-order valence-electron chi connectivity index (χ3n) is 4.82. The molecule has 0 spiro atoms. The van der Waals surface area contributed by atoms with Crippen LogP contribution >= 0.6 is 11.8 Å². The van der Waals surface area contributed by atoms with Crippen LogP contribution in [-0.2, 0) is 16.1 Å². The van der Waals surface area contributed by atoms with Crippen LogP contribution in [-0.4, -0.2) is 45.2 Å². The summed E-state index contributed by atoms with van der Waals surface area (Å²) in [6.07, 6.45) is 3.80. The van der Waals surface area contributed by atoms with E-state index in [9.17, 15) is 4.79 Å². The molecule has 1 aliphatic rings. The Morgan fingerprint density at radius 3 is 2.86 bits per heavy atom. The fraction of sp³-hybridized carbons (Fsp3) is 0.381. The van der Waals surface area contributed by atoms with E-state index in [4.69, 9.17) is 9.15 Å².